The zero-order valence-electron chi connectivity index (χ0n) is 13.8. The average molecular weight is 346 g/mol. The summed E-state index contributed by atoms with van der Waals surface area (Å²) in [6.07, 6.45) is 4.82. The Morgan fingerprint density at radius 1 is 1.15 bits per heavy atom. The quantitative estimate of drug-likeness (QED) is 0.587. The number of anilines is 1. The Labute approximate surface area is 148 Å². The molecule has 0 atom stereocenters. The number of carbonyl (C=O) groups excluding carboxylic acids is 1. The van der Waals surface area contributed by atoms with Crippen molar-refractivity contribution in [2.45, 2.75) is 6.92 Å². The van der Waals surface area contributed by atoms with Crippen LogP contribution in [-0.2, 0) is 0 Å². The second-order valence-electron chi connectivity index (χ2n) is 5.57. The van der Waals surface area contributed by atoms with Crippen LogP contribution < -0.4 is 5.32 Å². The van der Waals surface area contributed by atoms with Crippen LogP contribution in [0.5, 0.6) is 0 Å². The summed E-state index contributed by atoms with van der Waals surface area (Å²) < 4.78 is 5.00. The molecule has 1 amide bonds. The summed E-state index contributed by atoms with van der Waals surface area (Å²) in [4.78, 5) is 20.9. The van der Waals surface area contributed by atoms with Crippen molar-refractivity contribution in [3.05, 3.63) is 66.4 Å². The van der Waals surface area contributed by atoms with E-state index in [2.05, 4.69) is 30.6 Å². The summed E-state index contributed by atoms with van der Waals surface area (Å²) >= 11 is 0. The smallest absolute Gasteiger partial charge is 0.259 e. The summed E-state index contributed by atoms with van der Waals surface area (Å²) in [6, 6.07) is 10.9. The molecule has 26 heavy (non-hydrogen) atoms. The molecule has 4 aromatic rings. The number of benzene rings is 1. The van der Waals surface area contributed by atoms with E-state index in [4.69, 9.17) is 4.52 Å². The molecule has 0 saturated carbocycles. The number of amides is 1. The van der Waals surface area contributed by atoms with Gasteiger partial charge in [-0.3, -0.25) is 14.9 Å². The van der Waals surface area contributed by atoms with Crippen LogP contribution in [0.25, 0.3) is 22.6 Å². The minimum absolute atomic E-state index is 0.271. The lowest BCUT2D eigenvalue weighted by molar-refractivity contribution is 0.102. The van der Waals surface area contributed by atoms with Crippen LogP contribution in [0.2, 0.25) is 0 Å². The van der Waals surface area contributed by atoms with Gasteiger partial charge in [0.2, 0.25) is 11.7 Å². The Morgan fingerprint density at radius 3 is 2.77 bits per heavy atom. The molecule has 0 spiro atoms. The predicted molar refractivity (Wildman–Crippen MR) is 94.2 cm³/mol. The molecule has 2 N–H and O–H groups in total. The topological polar surface area (TPSA) is 110 Å². The Kier molecular flexibility index (Phi) is 3.98. The molecular formula is C18H14N6O2. The van der Waals surface area contributed by atoms with Crippen molar-refractivity contribution >= 4 is 11.6 Å². The van der Waals surface area contributed by atoms with Gasteiger partial charge in [-0.2, -0.15) is 10.1 Å². The van der Waals surface area contributed by atoms with Crippen molar-refractivity contribution in [3.63, 3.8) is 0 Å². The third-order valence-electron chi connectivity index (χ3n) is 3.76. The molecule has 3 heterocycles. The Hall–Kier alpha value is -3.81. The minimum Gasteiger partial charge on any atom is -0.339 e. The summed E-state index contributed by atoms with van der Waals surface area (Å²) in [7, 11) is 0. The van der Waals surface area contributed by atoms with E-state index in [1.165, 1.54) is 6.20 Å². The fraction of sp³-hybridized carbons (Fsp3) is 0.0556. The molecule has 0 aliphatic heterocycles. The highest BCUT2D eigenvalue weighted by Crippen LogP contribution is 2.23. The van der Waals surface area contributed by atoms with Gasteiger partial charge in [0.05, 0.1) is 17.5 Å². The zero-order valence-corrected chi connectivity index (χ0v) is 13.8. The lowest BCUT2D eigenvalue weighted by atomic mass is 10.1. The van der Waals surface area contributed by atoms with E-state index in [0.717, 1.165) is 11.1 Å². The van der Waals surface area contributed by atoms with Crippen molar-refractivity contribution in [2.24, 2.45) is 0 Å². The van der Waals surface area contributed by atoms with Crippen LogP contribution in [0.4, 0.5) is 5.69 Å². The number of aromatic amines is 1. The van der Waals surface area contributed by atoms with Crippen LogP contribution in [0.15, 0.2) is 59.5 Å². The molecule has 0 radical (unpaired) electrons. The van der Waals surface area contributed by atoms with Crippen LogP contribution in [-0.4, -0.2) is 31.2 Å². The molecule has 8 heteroatoms. The van der Waals surface area contributed by atoms with E-state index in [1.54, 1.807) is 31.5 Å². The van der Waals surface area contributed by atoms with E-state index in [0.29, 0.717) is 28.7 Å². The Balaban J connectivity index is 1.59. The minimum atomic E-state index is -0.271. The van der Waals surface area contributed by atoms with Gasteiger partial charge < -0.3 is 9.84 Å². The van der Waals surface area contributed by atoms with Crippen LogP contribution in [0.1, 0.15) is 16.2 Å². The normalized spacial score (nSPS) is 10.7. The highest BCUT2D eigenvalue weighted by molar-refractivity contribution is 6.08. The van der Waals surface area contributed by atoms with Gasteiger partial charge in [-0.1, -0.05) is 17.3 Å². The highest BCUT2D eigenvalue weighted by Gasteiger charge is 2.16. The molecule has 0 unspecified atom stereocenters. The van der Waals surface area contributed by atoms with E-state index < -0.39 is 0 Å². The maximum absolute atomic E-state index is 12.7. The van der Waals surface area contributed by atoms with Crippen LogP contribution in [0, 0.1) is 6.92 Å². The number of aromatic nitrogens is 5. The highest BCUT2D eigenvalue weighted by atomic mass is 16.5. The molecule has 3 aromatic heterocycles. The van der Waals surface area contributed by atoms with Crippen molar-refractivity contribution in [2.75, 3.05) is 5.32 Å². The van der Waals surface area contributed by atoms with Crippen LogP contribution >= 0.6 is 0 Å². The largest absolute Gasteiger partial charge is 0.339 e. The number of rotatable bonds is 4. The first-order valence-corrected chi connectivity index (χ1v) is 7.86. The van der Waals surface area contributed by atoms with Gasteiger partial charge in [0.25, 0.3) is 5.91 Å². The van der Waals surface area contributed by atoms with Gasteiger partial charge in [-0.25, -0.2) is 0 Å². The van der Waals surface area contributed by atoms with E-state index in [9.17, 15) is 4.79 Å². The number of pyridine rings is 1. The number of H-pyrrole nitrogens is 1. The molecular weight excluding hydrogens is 332 g/mol. The predicted octanol–water partition coefficient (Wildman–Crippen LogP) is 3.08. The molecule has 1 aromatic carbocycles. The maximum Gasteiger partial charge on any atom is 0.259 e. The lowest BCUT2D eigenvalue weighted by Gasteiger charge is -2.07. The molecule has 4 rings (SSSR count). The maximum atomic E-state index is 12.7. The van der Waals surface area contributed by atoms with Gasteiger partial charge in [0, 0.05) is 36.1 Å². The SMILES string of the molecule is Cc1nc(-c2cccc(NC(=O)c3cn[nH]c3-c3ccncc3)c2)no1. The second-order valence-corrected chi connectivity index (χ2v) is 5.57. The fourth-order valence-electron chi connectivity index (χ4n) is 2.55. The zero-order chi connectivity index (χ0) is 17.9. The van der Waals surface area contributed by atoms with Crippen molar-refractivity contribution in [1.82, 2.24) is 25.3 Å². The fourth-order valence-corrected chi connectivity index (χ4v) is 2.55. The molecule has 0 bridgehead atoms. The number of hydrogen-bond donors (Lipinski definition) is 2. The van der Waals surface area contributed by atoms with E-state index >= 15 is 0 Å². The molecule has 0 saturated heterocycles. The Bertz CT molecular complexity index is 1050. The van der Waals surface area contributed by atoms with E-state index in [1.807, 2.05) is 24.3 Å². The monoisotopic (exact) mass is 346 g/mol. The number of carbonyl (C=O) groups is 1. The third kappa shape index (κ3) is 3.07. The summed E-state index contributed by atoms with van der Waals surface area (Å²) in [6.45, 7) is 1.72. The first kappa shape index (κ1) is 15.7. The summed E-state index contributed by atoms with van der Waals surface area (Å²) in [5.74, 6) is 0.682. The molecule has 0 fully saturated rings. The molecule has 0 aliphatic rings. The Morgan fingerprint density at radius 2 is 2.00 bits per heavy atom. The average Bonchev–Trinajstić information content (AvgIpc) is 3.32. The van der Waals surface area contributed by atoms with Gasteiger partial charge in [-0.15, -0.1) is 0 Å². The number of nitrogens with one attached hydrogen (secondary N) is 2. The van der Waals surface area contributed by atoms with Gasteiger partial charge >= 0.3 is 0 Å². The van der Waals surface area contributed by atoms with Crippen molar-refractivity contribution in [1.29, 1.82) is 0 Å². The van der Waals surface area contributed by atoms with Crippen molar-refractivity contribution < 1.29 is 9.32 Å². The lowest BCUT2D eigenvalue weighted by Crippen LogP contribution is -2.12. The molecule has 0 aliphatic carbocycles. The van der Waals surface area contributed by atoms with Gasteiger partial charge in [0.1, 0.15) is 0 Å². The molecule has 8 nitrogen and oxygen atoms in total. The number of hydrogen-bond acceptors (Lipinski definition) is 6. The van der Waals surface area contributed by atoms with Crippen molar-refractivity contribution in [3.8, 4) is 22.6 Å². The van der Waals surface area contributed by atoms with Gasteiger partial charge in [0.15, 0.2) is 0 Å². The second kappa shape index (κ2) is 6.60. The summed E-state index contributed by atoms with van der Waals surface area (Å²) in [5.41, 5.74) is 3.28. The van der Waals surface area contributed by atoms with Crippen LogP contribution in [0.3, 0.4) is 0 Å². The number of aryl methyl sites for hydroxylation is 1. The van der Waals surface area contributed by atoms with E-state index in [-0.39, 0.29) is 5.91 Å². The third-order valence-corrected chi connectivity index (χ3v) is 3.76. The number of nitrogens with zero attached hydrogens (tertiary/aromatic N) is 4. The molecule has 128 valence electrons. The first-order valence-electron chi connectivity index (χ1n) is 7.86. The standard InChI is InChI=1S/C18H14N6O2/c1-11-21-17(24-26-11)13-3-2-4-14(9-13)22-18(25)15-10-20-23-16(15)12-5-7-19-8-6-12/h2-10H,1H3,(H,20,23)(H,22,25). The first-order chi connectivity index (χ1) is 12.7. The van der Waals surface area contributed by atoms with Gasteiger partial charge in [-0.05, 0) is 24.3 Å². The summed E-state index contributed by atoms with van der Waals surface area (Å²) in [5, 5.41) is 13.6.